The smallest absolute Gasteiger partial charge is 0.269 e. The number of carbonyl (C=O) groups is 2. The highest BCUT2D eigenvalue weighted by Crippen LogP contribution is 2.50. The van der Waals surface area contributed by atoms with Crippen LogP contribution in [0.15, 0.2) is 18.3 Å². The van der Waals surface area contributed by atoms with Gasteiger partial charge >= 0.3 is 0 Å². The van der Waals surface area contributed by atoms with Gasteiger partial charge in [-0.25, -0.2) is 9.67 Å². The van der Waals surface area contributed by atoms with Crippen LogP contribution in [0.3, 0.4) is 0 Å². The summed E-state index contributed by atoms with van der Waals surface area (Å²) in [4.78, 5) is 28.3. The quantitative estimate of drug-likeness (QED) is 0.551. The maximum absolute atomic E-state index is 11.9. The molecular weight excluding hydrogens is 370 g/mol. The molecule has 2 heterocycles. The minimum atomic E-state index is -0.833. The highest BCUT2D eigenvalue weighted by Gasteiger charge is 2.42. The van der Waals surface area contributed by atoms with Crippen molar-refractivity contribution in [3.05, 3.63) is 40.8 Å². The van der Waals surface area contributed by atoms with Gasteiger partial charge in [0.05, 0.1) is 5.69 Å². The molecule has 2 amide bonds. The maximum Gasteiger partial charge on any atom is 0.269 e. The summed E-state index contributed by atoms with van der Waals surface area (Å²) in [5, 5.41) is 14.5. The van der Waals surface area contributed by atoms with Crippen LogP contribution in [0.1, 0.15) is 52.5 Å². The van der Waals surface area contributed by atoms with E-state index >= 15 is 0 Å². The highest BCUT2D eigenvalue weighted by atomic mass is 16.3. The third-order valence-electron chi connectivity index (χ3n) is 5.65. The first kappa shape index (κ1) is 19.2. The molecule has 1 saturated carbocycles. The summed E-state index contributed by atoms with van der Waals surface area (Å²) < 4.78 is 1.73. The molecule has 0 radical (unpaired) electrons. The molecule has 2 aromatic heterocycles. The Kier molecular flexibility index (Phi) is 5.07. The first-order valence-corrected chi connectivity index (χ1v) is 9.69. The molecule has 0 saturated heterocycles. The van der Waals surface area contributed by atoms with E-state index < -0.39 is 12.0 Å². The molecule has 3 aliphatic carbocycles. The maximum atomic E-state index is 11.9. The number of nitrogens with two attached hydrogens (primary N) is 1. The van der Waals surface area contributed by atoms with E-state index in [9.17, 15) is 14.7 Å². The summed E-state index contributed by atoms with van der Waals surface area (Å²) in [6.45, 7) is 0.429. The number of rotatable bonds is 6. The van der Waals surface area contributed by atoms with Gasteiger partial charge in [-0.05, 0) is 37.3 Å². The zero-order valence-electron chi connectivity index (χ0n) is 16.2. The number of hydrogen-bond donors (Lipinski definition) is 2. The fourth-order valence-electron chi connectivity index (χ4n) is 4.10. The average Bonchev–Trinajstić information content (AvgIpc) is 3.10. The molecule has 2 aromatic rings. The highest BCUT2D eigenvalue weighted by molar-refractivity contribution is 5.93. The number of primary amides is 1. The second kappa shape index (κ2) is 7.68. The number of carbonyl (C=O) groups excluding carboxylic acids is 2. The molecule has 1 atom stereocenters. The summed E-state index contributed by atoms with van der Waals surface area (Å²) in [6, 6.07) is 3.55. The van der Waals surface area contributed by atoms with E-state index in [1.54, 1.807) is 30.1 Å². The van der Waals surface area contributed by atoms with Gasteiger partial charge in [0.25, 0.3) is 5.91 Å². The topological polar surface area (TPSA) is 114 Å². The zero-order valence-corrected chi connectivity index (χ0v) is 16.2. The molecule has 3 N–H and O–H groups in total. The van der Waals surface area contributed by atoms with Gasteiger partial charge in [-0.2, -0.15) is 5.10 Å². The van der Waals surface area contributed by atoms with E-state index in [1.807, 2.05) is 0 Å². The van der Waals surface area contributed by atoms with Crippen molar-refractivity contribution in [1.29, 1.82) is 0 Å². The van der Waals surface area contributed by atoms with Crippen molar-refractivity contribution in [3.63, 3.8) is 0 Å². The second-order valence-electron chi connectivity index (χ2n) is 7.79. The van der Waals surface area contributed by atoms with Gasteiger partial charge < -0.3 is 15.7 Å². The van der Waals surface area contributed by atoms with Gasteiger partial charge in [-0.3, -0.25) is 9.59 Å². The Balaban J connectivity index is 1.60. The number of nitrogens with zero attached hydrogens (tertiary/aromatic N) is 4. The summed E-state index contributed by atoms with van der Waals surface area (Å²) in [5.74, 6) is 6.81. The normalized spacial score (nSPS) is 19.9. The van der Waals surface area contributed by atoms with Gasteiger partial charge in [-0.1, -0.05) is 11.8 Å². The summed E-state index contributed by atoms with van der Waals surface area (Å²) >= 11 is 0. The molecule has 0 unspecified atom stereocenters. The summed E-state index contributed by atoms with van der Waals surface area (Å²) in [7, 11) is 1.65. The molecule has 8 nitrogen and oxygen atoms in total. The number of aliphatic hydroxyl groups is 1. The Morgan fingerprint density at radius 2 is 2.31 bits per heavy atom. The van der Waals surface area contributed by atoms with Crippen LogP contribution < -0.4 is 5.73 Å². The lowest BCUT2D eigenvalue weighted by Gasteiger charge is -2.41. The molecule has 29 heavy (non-hydrogen) atoms. The van der Waals surface area contributed by atoms with Crippen LogP contribution in [-0.4, -0.2) is 56.8 Å². The first-order chi connectivity index (χ1) is 14.0. The predicted octanol–water partition coefficient (Wildman–Crippen LogP) is 0.607. The van der Waals surface area contributed by atoms with E-state index in [1.165, 1.54) is 4.90 Å². The van der Waals surface area contributed by atoms with Crippen LogP contribution in [0.2, 0.25) is 0 Å². The van der Waals surface area contributed by atoms with E-state index in [2.05, 4.69) is 21.9 Å². The van der Waals surface area contributed by atoms with Crippen LogP contribution >= 0.6 is 0 Å². The number of aliphatic hydroxyl groups excluding tert-OH is 1. The van der Waals surface area contributed by atoms with Crippen molar-refractivity contribution in [2.24, 2.45) is 11.7 Å². The van der Waals surface area contributed by atoms with E-state index in [-0.39, 0.29) is 0 Å². The minimum absolute atomic E-state index is 0.336. The summed E-state index contributed by atoms with van der Waals surface area (Å²) in [5.41, 5.74) is 8.56. The van der Waals surface area contributed by atoms with Crippen molar-refractivity contribution in [1.82, 2.24) is 19.7 Å². The lowest BCUT2D eigenvalue weighted by Crippen LogP contribution is -2.32. The molecular formula is C21H23N5O3. The van der Waals surface area contributed by atoms with Crippen molar-refractivity contribution >= 4 is 12.3 Å². The van der Waals surface area contributed by atoms with E-state index in [0.717, 1.165) is 30.5 Å². The number of pyridine rings is 1. The average molecular weight is 393 g/mol. The van der Waals surface area contributed by atoms with Crippen LogP contribution in [0.25, 0.3) is 5.82 Å². The summed E-state index contributed by atoms with van der Waals surface area (Å²) in [6.07, 6.45) is 4.94. The molecule has 150 valence electrons. The Morgan fingerprint density at radius 3 is 3.03 bits per heavy atom. The molecule has 0 aromatic carbocycles. The molecule has 8 heteroatoms. The van der Waals surface area contributed by atoms with Gasteiger partial charge in [0, 0.05) is 43.3 Å². The molecule has 5 rings (SSSR count). The van der Waals surface area contributed by atoms with Gasteiger partial charge in [-0.15, -0.1) is 0 Å². The van der Waals surface area contributed by atoms with Crippen molar-refractivity contribution < 1.29 is 14.7 Å². The number of amides is 2. The fraction of sp³-hybridized carbons (Fsp3) is 0.429. The predicted molar refractivity (Wildman–Crippen MR) is 105 cm³/mol. The first-order valence-electron chi connectivity index (χ1n) is 9.69. The Bertz CT molecular complexity index is 1010. The molecule has 1 fully saturated rings. The Morgan fingerprint density at radius 1 is 1.52 bits per heavy atom. The lowest BCUT2D eigenvalue weighted by molar-refractivity contribution is -0.117. The largest absolute Gasteiger partial charge is 0.380 e. The van der Waals surface area contributed by atoms with Crippen molar-refractivity contribution in [2.45, 2.75) is 37.7 Å². The lowest BCUT2D eigenvalue weighted by atomic mass is 9.64. The van der Waals surface area contributed by atoms with E-state index in [4.69, 9.17) is 5.73 Å². The van der Waals surface area contributed by atoms with E-state index in [0.29, 0.717) is 48.3 Å². The van der Waals surface area contributed by atoms with Crippen molar-refractivity contribution in [2.75, 3.05) is 13.6 Å². The van der Waals surface area contributed by atoms with Crippen LogP contribution in [0.5, 0.6) is 0 Å². The molecule has 0 aliphatic heterocycles. The van der Waals surface area contributed by atoms with Gasteiger partial charge in [0.1, 0.15) is 6.10 Å². The number of hydrogen-bond acceptors (Lipinski definition) is 5. The standard InChI is InChI=1S/C21H23N5O3/c1-25(12-27)7-5-16(28)3-2-13-4-6-23-18(11-13)26-20-15-8-14(9-15)10-17(20)19(24-26)21(22)29/h4,6,11-12,14-16,28H,5,7-10H2,1H3,(H2,22,29)/t14?,15?,16-/m0/s1. The molecule has 0 spiro atoms. The van der Waals surface area contributed by atoms with Gasteiger partial charge in [0.2, 0.25) is 6.41 Å². The zero-order chi connectivity index (χ0) is 20.5. The minimum Gasteiger partial charge on any atom is -0.380 e. The Hall–Kier alpha value is -3.18. The van der Waals surface area contributed by atoms with Gasteiger partial charge in [0.15, 0.2) is 11.5 Å². The van der Waals surface area contributed by atoms with Crippen molar-refractivity contribution in [3.8, 4) is 17.7 Å². The molecule has 3 aliphatic rings. The monoisotopic (exact) mass is 393 g/mol. The second-order valence-corrected chi connectivity index (χ2v) is 7.79. The fourth-order valence-corrected chi connectivity index (χ4v) is 4.10. The third-order valence-corrected chi connectivity index (χ3v) is 5.65. The van der Waals surface area contributed by atoms with Crippen LogP contribution in [0.4, 0.5) is 0 Å². The SMILES string of the molecule is CN(C=O)CC[C@@H](O)C#Cc1ccnc(-n2nc(C(N)=O)c3c2C2CC(C3)C2)c1. The Labute approximate surface area is 168 Å². The third kappa shape index (κ3) is 3.74. The van der Waals surface area contributed by atoms with Crippen LogP contribution in [0, 0.1) is 17.8 Å². The molecule has 2 bridgehead atoms. The van der Waals surface area contributed by atoms with Crippen LogP contribution in [-0.2, 0) is 11.2 Å². The number of aromatic nitrogens is 3.